The molecule has 0 fully saturated rings. The zero-order valence-corrected chi connectivity index (χ0v) is 10.8. The third-order valence-electron chi connectivity index (χ3n) is 2.30. The molecule has 1 aromatic carbocycles. The van der Waals surface area contributed by atoms with Gasteiger partial charge in [0.15, 0.2) is 0 Å². The van der Waals surface area contributed by atoms with Gasteiger partial charge in [-0.3, -0.25) is 19.7 Å². The Labute approximate surface area is 118 Å². The summed E-state index contributed by atoms with van der Waals surface area (Å²) in [5.74, 6) is -0.0681. The van der Waals surface area contributed by atoms with E-state index in [9.17, 15) is 19.7 Å². The molecule has 0 aliphatic rings. The number of benzene rings is 1. The van der Waals surface area contributed by atoms with Crippen molar-refractivity contribution in [2.45, 2.75) is 0 Å². The summed E-state index contributed by atoms with van der Waals surface area (Å²) in [6.45, 7) is -0.973. The smallest absolute Gasteiger partial charge is 0.323 e. The van der Waals surface area contributed by atoms with Gasteiger partial charge in [-0.25, -0.2) is 0 Å². The molecule has 0 saturated carbocycles. The van der Waals surface area contributed by atoms with Crippen LogP contribution in [-0.4, -0.2) is 39.9 Å². The normalized spacial score (nSPS) is 9.60. The highest BCUT2D eigenvalue weighted by Gasteiger charge is 2.28. The number of carboxylic acids is 1. The van der Waals surface area contributed by atoms with Crippen LogP contribution in [-0.2, 0) is 4.79 Å². The molecule has 1 aromatic rings. The lowest BCUT2D eigenvalue weighted by molar-refractivity contribution is -0.385. The summed E-state index contributed by atoms with van der Waals surface area (Å²) in [7, 11) is 0. The Kier molecular flexibility index (Phi) is 5.06. The van der Waals surface area contributed by atoms with E-state index in [2.05, 4.69) is 5.92 Å². The van der Waals surface area contributed by atoms with Gasteiger partial charge in [0.1, 0.15) is 12.1 Å². The molecule has 104 valence electrons. The van der Waals surface area contributed by atoms with Crippen LogP contribution >= 0.6 is 11.6 Å². The van der Waals surface area contributed by atoms with Crippen LogP contribution < -0.4 is 0 Å². The molecule has 1 N–H and O–H groups in total. The van der Waals surface area contributed by atoms with Gasteiger partial charge >= 0.3 is 5.97 Å². The second kappa shape index (κ2) is 6.54. The number of halogens is 1. The minimum atomic E-state index is -1.29. The number of nitro benzene ring substituents is 1. The first-order valence-electron chi connectivity index (χ1n) is 5.26. The molecule has 0 bridgehead atoms. The van der Waals surface area contributed by atoms with E-state index in [0.29, 0.717) is 0 Å². The van der Waals surface area contributed by atoms with Gasteiger partial charge in [-0.2, -0.15) is 0 Å². The number of aliphatic carboxylic acids is 1. The number of terminal acetylenes is 1. The molecule has 0 aromatic heterocycles. The van der Waals surface area contributed by atoms with E-state index < -0.39 is 29.0 Å². The summed E-state index contributed by atoms with van der Waals surface area (Å²) in [4.78, 5) is 33.8. The highest BCUT2D eigenvalue weighted by molar-refractivity contribution is 6.34. The SMILES string of the molecule is C#CCN(CC(=O)O)C(=O)c1c(Cl)cccc1[N+](=O)[O-]. The highest BCUT2D eigenvalue weighted by Crippen LogP contribution is 2.27. The van der Waals surface area contributed by atoms with E-state index >= 15 is 0 Å². The van der Waals surface area contributed by atoms with Crippen LogP contribution in [0.15, 0.2) is 18.2 Å². The number of amides is 1. The Morgan fingerprint density at radius 2 is 2.15 bits per heavy atom. The van der Waals surface area contributed by atoms with Crippen LogP contribution in [0, 0.1) is 22.5 Å². The van der Waals surface area contributed by atoms with Crippen molar-refractivity contribution in [3.63, 3.8) is 0 Å². The van der Waals surface area contributed by atoms with Gasteiger partial charge in [0.05, 0.1) is 16.5 Å². The van der Waals surface area contributed by atoms with Gasteiger partial charge in [-0.1, -0.05) is 23.6 Å². The van der Waals surface area contributed by atoms with Crippen molar-refractivity contribution in [2.75, 3.05) is 13.1 Å². The quantitative estimate of drug-likeness (QED) is 0.503. The topological polar surface area (TPSA) is 101 Å². The highest BCUT2D eigenvalue weighted by atomic mass is 35.5. The molecule has 0 aliphatic carbocycles. The monoisotopic (exact) mass is 296 g/mol. The number of rotatable bonds is 5. The van der Waals surface area contributed by atoms with Crippen LogP contribution in [0.1, 0.15) is 10.4 Å². The Balaban J connectivity index is 3.28. The van der Waals surface area contributed by atoms with Crippen molar-refractivity contribution in [1.29, 1.82) is 0 Å². The zero-order valence-electron chi connectivity index (χ0n) is 10.1. The first-order chi connectivity index (χ1) is 9.38. The number of carboxylic acid groups (broad SMARTS) is 1. The van der Waals surface area contributed by atoms with Gasteiger partial charge in [0.2, 0.25) is 0 Å². The predicted molar refractivity (Wildman–Crippen MR) is 70.5 cm³/mol. The van der Waals surface area contributed by atoms with Crippen molar-refractivity contribution >= 4 is 29.2 Å². The number of nitrogens with zero attached hydrogens (tertiary/aromatic N) is 2. The third kappa shape index (κ3) is 3.46. The maximum Gasteiger partial charge on any atom is 0.323 e. The van der Waals surface area contributed by atoms with E-state index in [1.165, 1.54) is 12.1 Å². The summed E-state index contributed by atoms with van der Waals surface area (Å²) in [6.07, 6.45) is 5.05. The van der Waals surface area contributed by atoms with Crippen LogP contribution in [0.3, 0.4) is 0 Å². The molecule has 0 aliphatic heterocycles. The first-order valence-corrected chi connectivity index (χ1v) is 5.63. The number of hydrogen-bond donors (Lipinski definition) is 1. The molecule has 1 rings (SSSR count). The predicted octanol–water partition coefficient (Wildman–Crippen LogP) is 1.41. The number of carbonyl (C=O) groups excluding carboxylic acids is 1. The fraction of sp³-hybridized carbons (Fsp3) is 0.167. The Morgan fingerprint density at radius 1 is 1.50 bits per heavy atom. The fourth-order valence-corrected chi connectivity index (χ4v) is 1.76. The second-order valence-corrected chi connectivity index (χ2v) is 4.06. The van der Waals surface area contributed by atoms with Crippen LogP contribution in [0.25, 0.3) is 0 Å². The van der Waals surface area contributed by atoms with Gasteiger partial charge in [-0.15, -0.1) is 6.42 Å². The van der Waals surface area contributed by atoms with Gasteiger partial charge in [-0.05, 0) is 6.07 Å². The molecule has 0 spiro atoms. The second-order valence-electron chi connectivity index (χ2n) is 3.65. The summed E-state index contributed by atoms with van der Waals surface area (Å²) in [5.41, 5.74) is -0.884. The molecule has 0 heterocycles. The molecule has 20 heavy (non-hydrogen) atoms. The Morgan fingerprint density at radius 3 is 2.65 bits per heavy atom. The fourth-order valence-electron chi connectivity index (χ4n) is 1.51. The number of nitro groups is 1. The van der Waals surface area contributed by atoms with Gasteiger partial charge in [0, 0.05) is 6.07 Å². The largest absolute Gasteiger partial charge is 0.480 e. The van der Waals surface area contributed by atoms with E-state index in [4.69, 9.17) is 23.1 Å². The molecule has 8 heteroatoms. The summed E-state index contributed by atoms with van der Waals surface area (Å²) >= 11 is 5.80. The van der Waals surface area contributed by atoms with Crippen molar-refractivity contribution in [3.8, 4) is 12.3 Å². The van der Waals surface area contributed by atoms with Crippen molar-refractivity contribution in [3.05, 3.63) is 38.9 Å². The Bertz CT molecular complexity index is 608. The standard InChI is InChI=1S/C12H9ClN2O5/c1-2-6-14(7-10(16)17)12(18)11-8(13)4-3-5-9(11)15(19)20/h1,3-5H,6-7H2,(H,16,17). The van der Waals surface area contributed by atoms with Crippen LogP contribution in [0.2, 0.25) is 5.02 Å². The number of carbonyl (C=O) groups is 2. The summed E-state index contributed by atoms with van der Waals surface area (Å²) in [6, 6.07) is 3.73. The summed E-state index contributed by atoms with van der Waals surface area (Å²) < 4.78 is 0. The summed E-state index contributed by atoms with van der Waals surface area (Å²) in [5, 5.41) is 19.5. The minimum Gasteiger partial charge on any atom is -0.480 e. The third-order valence-corrected chi connectivity index (χ3v) is 2.61. The molecular formula is C12H9ClN2O5. The number of hydrogen-bond acceptors (Lipinski definition) is 4. The van der Waals surface area contributed by atoms with Crippen LogP contribution in [0.5, 0.6) is 0 Å². The van der Waals surface area contributed by atoms with Gasteiger partial charge in [0.25, 0.3) is 11.6 Å². The van der Waals surface area contributed by atoms with Gasteiger partial charge < -0.3 is 10.0 Å². The van der Waals surface area contributed by atoms with Crippen LogP contribution in [0.4, 0.5) is 5.69 Å². The lowest BCUT2D eigenvalue weighted by Crippen LogP contribution is -2.36. The average Bonchev–Trinajstić information content (AvgIpc) is 2.36. The lowest BCUT2D eigenvalue weighted by Gasteiger charge is -2.18. The minimum absolute atomic E-state index is 0.142. The van der Waals surface area contributed by atoms with E-state index in [1.807, 2.05) is 0 Å². The molecule has 7 nitrogen and oxygen atoms in total. The van der Waals surface area contributed by atoms with E-state index in [0.717, 1.165) is 11.0 Å². The van der Waals surface area contributed by atoms with Crippen molar-refractivity contribution in [1.82, 2.24) is 4.90 Å². The lowest BCUT2D eigenvalue weighted by atomic mass is 10.1. The maximum absolute atomic E-state index is 12.2. The Hall–Kier alpha value is -2.59. The van der Waals surface area contributed by atoms with Crippen molar-refractivity contribution < 1.29 is 19.6 Å². The van der Waals surface area contributed by atoms with Crippen molar-refractivity contribution in [2.24, 2.45) is 0 Å². The molecule has 0 radical (unpaired) electrons. The maximum atomic E-state index is 12.2. The molecule has 0 unspecified atom stereocenters. The average molecular weight is 297 g/mol. The molecular weight excluding hydrogens is 288 g/mol. The first kappa shape index (κ1) is 15.5. The molecule has 1 amide bonds. The molecule has 0 saturated heterocycles. The van der Waals surface area contributed by atoms with E-state index in [-0.39, 0.29) is 17.1 Å². The molecule has 0 atom stereocenters. The van der Waals surface area contributed by atoms with E-state index in [1.54, 1.807) is 0 Å². The zero-order chi connectivity index (χ0) is 15.3.